The number of aromatic nitrogens is 1. The van der Waals surface area contributed by atoms with Crippen LogP contribution in [0.4, 0.5) is 13.2 Å². The van der Waals surface area contributed by atoms with Gasteiger partial charge in [-0.1, -0.05) is 38.1 Å². The highest BCUT2D eigenvalue weighted by Gasteiger charge is 2.35. The molecule has 1 amide bonds. The van der Waals surface area contributed by atoms with Crippen LogP contribution < -0.4 is 0 Å². The number of likely N-dealkylation sites (tertiary alicyclic amines) is 1. The first-order valence-electron chi connectivity index (χ1n) is 9.63. The molecule has 0 bridgehead atoms. The molecule has 7 heteroatoms. The average molecular weight is 402 g/mol. The van der Waals surface area contributed by atoms with Crippen LogP contribution in [0.3, 0.4) is 0 Å². The Morgan fingerprint density at radius 3 is 2.69 bits per heavy atom. The second kappa shape index (κ2) is 7.21. The largest absolute Gasteiger partial charge is 0.438 e. The number of carbonyl (C=O) groups is 1. The molecule has 1 aliphatic rings. The van der Waals surface area contributed by atoms with E-state index < -0.39 is 11.7 Å². The standard InChI is InChI=1S/C22H21F3N2O2/c1-13(2)21(28)27-11-5-8-18(27)20-26-17-12-14(9-10-19(17)29-20)15-6-3-4-7-16(15)22(23,24)25/h3-4,6-7,9-10,12-13,18H,5,8,11H2,1-2H3/t18-/m0/s1. The minimum Gasteiger partial charge on any atom is -0.438 e. The van der Waals surface area contributed by atoms with E-state index in [1.165, 1.54) is 12.1 Å². The number of halogens is 3. The van der Waals surface area contributed by atoms with Gasteiger partial charge in [-0.15, -0.1) is 0 Å². The number of oxazole rings is 1. The molecule has 1 atom stereocenters. The van der Waals surface area contributed by atoms with Crippen molar-refractivity contribution in [2.24, 2.45) is 5.92 Å². The summed E-state index contributed by atoms with van der Waals surface area (Å²) in [6.45, 7) is 4.37. The molecule has 4 rings (SSSR count). The van der Waals surface area contributed by atoms with E-state index >= 15 is 0 Å². The molecule has 0 radical (unpaired) electrons. The van der Waals surface area contributed by atoms with E-state index in [0.717, 1.165) is 18.9 Å². The molecule has 0 saturated carbocycles. The third-order valence-electron chi connectivity index (χ3n) is 5.26. The van der Waals surface area contributed by atoms with Crippen LogP contribution in [0.25, 0.3) is 22.2 Å². The van der Waals surface area contributed by atoms with Gasteiger partial charge < -0.3 is 9.32 Å². The summed E-state index contributed by atoms with van der Waals surface area (Å²) in [6, 6.07) is 10.1. The molecule has 29 heavy (non-hydrogen) atoms. The van der Waals surface area contributed by atoms with Crippen LogP contribution in [-0.4, -0.2) is 22.3 Å². The normalized spacial score (nSPS) is 17.4. The van der Waals surface area contributed by atoms with Gasteiger partial charge in [0.15, 0.2) is 5.58 Å². The van der Waals surface area contributed by atoms with E-state index in [9.17, 15) is 18.0 Å². The first-order chi connectivity index (χ1) is 13.8. The van der Waals surface area contributed by atoms with Gasteiger partial charge in [0.25, 0.3) is 0 Å². The lowest BCUT2D eigenvalue weighted by Gasteiger charge is -2.24. The number of hydrogen-bond acceptors (Lipinski definition) is 3. The number of carbonyl (C=O) groups excluding carboxylic acids is 1. The summed E-state index contributed by atoms with van der Waals surface area (Å²) in [5, 5.41) is 0. The van der Waals surface area contributed by atoms with Crippen LogP contribution in [-0.2, 0) is 11.0 Å². The van der Waals surface area contributed by atoms with E-state index in [-0.39, 0.29) is 23.4 Å². The molecule has 4 nitrogen and oxygen atoms in total. The van der Waals surface area contributed by atoms with Crippen molar-refractivity contribution in [1.29, 1.82) is 0 Å². The lowest BCUT2D eigenvalue weighted by molar-refractivity contribution is -0.137. The number of amides is 1. The van der Waals surface area contributed by atoms with Crippen molar-refractivity contribution in [2.45, 2.75) is 38.9 Å². The first kappa shape index (κ1) is 19.5. The summed E-state index contributed by atoms with van der Waals surface area (Å²) in [4.78, 5) is 18.8. The van der Waals surface area contributed by atoms with E-state index in [2.05, 4.69) is 4.98 Å². The molecular weight excluding hydrogens is 381 g/mol. The summed E-state index contributed by atoms with van der Waals surface area (Å²) in [5.41, 5.74) is 0.818. The minimum absolute atomic E-state index is 0.0505. The van der Waals surface area contributed by atoms with Crippen molar-refractivity contribution in [2.75, 3.05) is 6.54 Å². The topological polar surface area (TPSA) is 46.3 Å². The number of hydrogen-bond donors (Lipinski definition) is 0. The molecule has 1 fully saturated rings. The molecule has 1 aliphatic heterocycles. The number of alkyl halides is 3. The average Bonchev–Trinajstić information content (AvgIpc) is 3.32. The highest BCUT2D eigenvalue weighted by molar-refractivity contribution is 5.82. The number of rotatable bonds is 3. The van der Waals surface area contributed by atoms with E-state index in [1.54, 1.807) is 29.2 Å². The van der Waals surface area contributed by atoms with E-state index in [4.69, 9.17) is 4.42 Å². The molecule has 2 aromatic carbocycles. The van der Waals surface area contributed by atoms with Gasteiger partial charge in [0.2, 0.25) is 11.8 Å². The van der Waals surface area contributed by atoms with Gasteiger partial charge in [-0.3, -0.25) is 4.79 Å². The maximum Gasteiger partial charge on any atom is 0.417 e. The molecule has 0 N–H and O–H groups in total. The van der Waals surface area contributed by atoms with Gasteiger partial charge in [-0.25, -0.2) is 4.98 Å². The molecule has 3 aromatic rings. The van der Waals surface area contributed by atoms with E-state index in [1.807, 2.05) is 13.8 Å². The molecule has 0 unspecified atom stereocenters. The summed E-state index contributed by atoms with van der Waals surface area (Å²) in [6.07, 6.45) is -2.82. The summed E-state index contributed by atoms with van der Waals surface area (Å²) >= 11 is 0. The van der Waals surface area contributed by atoms with Gasteiger partial charge in [-0.05, 0) is 42.2 Å². The highest BCUT2D eigenvalue weighted by Crippen LogP contribution is 2.39. The Morgan fingerprint density at radius 2 is 1.97 bits per heavy atom. The second-order valence-corrected chi connectivity index (χ2v) is 7.62. The Kier molecular flexibility index (Phi) is 4.84. The fourth-order valence-electron chi connectivity index (χ4n) is 3.86. The Hall–Kier alpha value is -2.83. The zero-order valence-electron chi connectivity index (χ0n) is 16.2. The van der Waals surface area contributed by atoms with Crippen LogP contribution in [0, 0.1) is 5.92 Å². The zero-order chi connectivity index (χ0) is 20.8. The summed E-state index contributed by atoms with van der Waals surface area (Å²) in [7, 11) is 0. The Morgan fingerprint density at radius 1 is 1.21 bits per heavy atom. The second-order valence-electron chi connectivity index (χ2n) is 7.62. The highest BCUT2D eigenvalue weighted by atomic mass is 19.4. The molecule has 152 valence electrons. The first-order valence-corrected chi connectivity index (χ1v) is 9.63. The lowest BCUT2D eigenvalue weighted by Crippen LogP contribution is -2.33. The molecule has 1 aromatic heterocycles. The summed E-state index contributed by atoms with van der Waals surface area (Å²) in [5.74, 6) is 0.368. The number of benzene rings is 2. The number of nitrogens with zero attached hydrogens (tertiary/aromatic N) is 2. The van der Waals surface area contributed by atoms with Gasteiger partial charge in [-0.2, -0.15) is 13.2 Å². The van der Waals surface area contributed by atoms with E-state index in [0.29, 0.717) is 29.1 Å². The van der Waals surface area contributed by atoms with Crippen molar-refractivity contribution in [3.8, 4) is 11.1 Å². The van der Waals surface area contributed by atoms with Crippen molar-refractivity contribution >= 4 is 17.0 Å². The molecular formula is C22H21F3N2O2. The predicted octanol–water partition coefficient (Wildman–Crippen LogP) is 5.83. The zero-order valence-corrected chi connectivity index (χ0v) is 16.2. The van der Waals surface area contributed by atoms with Crippen molar-refractivity contribution < 1.29 is 22.4 Å². The SMILES string of the molecule is CC(C)C(=O)N1CCC[C@H]1c1nc2cc(-c3ccccc3C(F)(F)F)ccc2o1. The quantitative estimate of drug-likeness (QED) is 0.553. The van der Waals surface area contributed by atoms with Crippen LogP contribution in [0.2, 0.25) is 0 Å². The summed E-state index contributed by atoms with van der Waals surface area (Å²) < 4.78 is 46.0. The molecule has 0 aliphatic carbocycles. The van der Waals surface area contributed by atoms with Gasteiger partial charge in [0.05, 0.1) is 5.56 Å². The maximum absolute atomic E-state index is 13.4. The predicted molar refractivity (Wildman–Crippen MR) is 103 cm³/mol. The third kappa shape index (κ3) is 3.61. The Labute approximate surface area is 166 Å². The van der Waals surface area contributed by atoms with Crippen molar-refractivity contribution in [1.82, 2.24) is 9.88 Å². The molecule has 2 heterocycles. The fraction of sp³-hybridized carbons (Fsp3) is 0.364. The van der Waals surface area contributed by atoms with Crippen LogP contribution in [0.15, 0.2) is 46.9 Å². The molecule has 0 spiro atoms. The fourth-order valence-corrected chi connectivity index (χ4v) is 3.86. The van der Waals surface area contributed by atoms with Crippen LogP contribution in [0.1, 0.15) is 44.2 Å². The third-order valence-corrected chi connectivity index (χ3v) is 5.26. The molecule has 1 saturated heterocycles. The van der Waals surface area contributed by atoms with Gasteiger partial charge in [0.1, 0.15) is 11.6 Å². The monoisotopic (exact) mass is 402 g/mol. The Balaban J connectivity index is 1.72. The van der Waals surface area contributed by atoms with Gasteiger partial charge >= 0.3 is 6.18 Å². The van der Waals surface area contributed by atoms with Crippen LogP contribution in [0.5, 0.6) is 0 Å². The minimum atomic E-state index is -4.44. The maximum atomic E-state index is 13.4. The smallest absolute Gasteiger partial charge is 0.417 e. The van der Waals surface area contributed by atoms with Crippen molar-refractivity contribution in [3.63, 3.8) is 0 Å². The number of fused-ring (bicyclic) bond motifs is 1. The van der Waals surface area contributed by atoms with Crippen LogP contribution >= 0.6 is 0 Å². The lowest BCUT2D eigenvalue weighted by atomic mass is 9.99. The van der Waals surface area contributed by atoms with Crippen molar-refractivity contribution in [3.05, 3.63) is 53.9 Å². The Bertz CT molecular complexity index is 1060. The van der Waals surface area contributed by atoms with Gasteiger partial charge in [0, 0.05) is 12.5 Å².